The Balaban J connectivity index is 1.87. The fourth-order valence-corrected chi connectivity index (χ4v) is 3.45. The van der Waals surface area contributed by atoms with Gasteiger partial charge in [0.25, 0.3) is 0 Å². The van der Waals surface area contributed by atoms with E-state index in [2.05, 4.69) is 12.2 Å². The zero-order chi connectivity index (χ0) is 13.0. The number of nitrogens with one attached hydrogen (secondary N) is 1. The molecule has 1 atom stereocenters. The molecular weight excluding hydrogens is 224 g/mol. The molecule has 0 heterocycles. The lowest BCUT2D eigenvalue weighted by atomic mass is 9.83. The van der Waals surface area contributed by atoms with Crippen molar-refractivity contribution in [2.24, 2.45) is 17.1 Å². The number of rotatable bonds is 6. The molecular formula is C15H28N2O. The first kappa shape index (κ1) is 13.9. The van der Waals surface area contributed by atoms with Gasteiger partial charge in [-0.25, -0.2) is 0 Å². The van der Waals surface area contributed by atoms with Gasteiger partial charge in [0.05, 0.1) is 0 Å². The van der Waals surface area contributed by atoms with Gasteiger partial charge in [-0.15, -0.1) is 0 Å². The molecule has 0 aromatic heterocycles. The summed E-state index contributed by atoms with van der Waals surface area (Å²) >= 11 is 0. The van der Waals surface area contributed by atoms with Crippen LogP contribution in [-0.4, -0.2) is 18.5 Å². The van der Waals surface area contributed by atoms with E-state index >= 15 is 0 Å². The number of hydrogen-bond acceptors (Lipinski definition) is 2. The average Bonchev–Trinajstić information content (AvgIpc) is 3.18. The topological polar surface area (TPSA) is 55.1 Å². The quantitative estimate of drug-likeness (QED) is 0.763. The third-order valence-corrected chi connectivity index (χ3v) is 4.85. The monoisotopic (exact) mass is 252 g/mol. The number of nitrogens with two attached hydrogens (primary N) is 1. The Hall–Kier alpha value is -0.570. The van der Waals surface area contributed by atoms with Crippen molar-refractivity contribution in [1.82, 2.24) is 5.32 Å². The van der Waals surface area contributed by atoms with Crippen molar-refractivity contribution in [2.45, 2.75) is 70.8 Å². The van der Waals surface area contributed by atoms with E-state index < -0.39 is 0 Å². The highest BCUT2D eigenvalue weighted by Crippen LogP contribution is 2.50. The summed E-state index contributed by atoms with van der Waals surface area (Å²) in [6.07, 6.45) is 10.7. The van der Waals surface area contributed by atoms with E-state index in [1.54, 1.807) is 0 Å². The summed E-state index contributed by atoms with van der Waals surface area (Å²) in [5.41, 5.74) is 5.86. The summed E-state index contributed by atoms with van der Waals surface area (Å²) in [6.45, 7) is 2.76. The second-order valence-electron chi connectivity index (χ2n) is 6.24. The second kappa shape index (κ2) is 6.05. The molecule has 3 N–H and O–H groups in total. The number of hydrogen-bond donors (Lipinski definition) is 2. The fraction of sp³-hybridized carbons (Fsp3) is 0.933. The minimum Gasteiger partial charge on any atom is -0.351 e. The average molecular weight is 252 g/mol. The molecule has 3 nitrogen and oxygen atoms in total. The SMILES string of the molecule is CCCC1(C(=O)NC(CN)C2CCCCC2)CC1. The van der Waals surface area contributed by atoms with E-state index in [0.29, 0.717) is 12.5 Å². The van der Waals surface area contributed by atoms with Crippen LogP contribution >= 0.6 is 0 Å². The fourth-order valence-electron chi connectivity index (χ4n) is 3.45. The third-order valence-electron chi connectivity index (χ3n) is 4.85. The lowest BCUT2D eigenvalue weighted by molar-refractivity contribution is -0.127. The Bertz CT molecular complexity index is 280. The van der Waals surface area contributed by atoms with Crippen molar-refractivity contribution < 1.29 is 4.79 Å². The Morgan fingerprint density at radius 3 is 2.50 bits per heavy atom. The molecule has 0 aromatic rings. The van der Waals surface area contributed by atoms with Crippen molar-refractivity contribution in [3.63, 3.8) is 0 Å². The van der Waals surface area contributed by atoms with Crippen LogP contribution in [0.2, 0.25) is 0 Å². The molecule has 18 heavy (non-hydrogen) atoms. The molecule has 3 heteroatoms. The first-order valence-corrected chi connectivity index (χ1v) is 7.73. The molecule has 0 saturated heterocycles. The number of carbonyl (C=O) groups is 1. The van der Waals surface area contributed by atoms with Gasteiger partial charge < -0.3 is 11.1 Å². The van der Waals surface area contributed by atoms with E-state index in [9.17, 15) is 4.79 Å². The molecule has 0 spiro atoms. The van der Waals surface area contributed by atoms with Gasteiger partial charge in [0.2, 0.25) is 5.91 Å². The normalized spacial score (nSPS) is 24.6. The summed E-state index contributed by atoms with van der Waals surface area (Å²) in [5, 5.41) is 3.26. The zero-order valence-electron chi connectivity index (χ0n) is 11.7. The van der Waals surface area contributed by atoms with Gasteiger partial charge in [0.15, 0.2) is 0 Å². The molecule has 2 saturated carbocycles. The van der Waals surface area contributed by atoms with Crippen LogP contribution in [0.25, 0.3) is 0 Å². The lowest BCUT2D eigenvalue weighted by Crippen LogP contribution is -2.48. The molecule has 1 amide bonds. The van der Waals surface area contributed by atoms with Crippen LogP contribution in [0.5, 0.6) is 0 Å². The highest BCUT2D eigenvalue weighted by Gasteiger charge is 2.49. The smallest absolute Gasteiger partial charge is 0.226 e. The highest BCUT2D eigenvalue weighted by molar-refractivity contribution is 5.85. The molecule has 0 bridgehead atoms. The zero-order valence-corrected chi connectivity index (χ0v) is 11.7. The molecule has 104 valence electrons. The Kier molecular flexibility index (Phi) is 4.66. The van der Waals surface area contributed by atoms with Gasteiger partial charge in [-0.1, -0.05) is 32.6 Å². The molecule has 0 aromatic carbocycles. The van der Waals surface area contributed by atoms with Gasteiger partial charge in [-0.3, -0.25) is 4.79 Å². The molecule has 2 rings (SSSR count). The maximum Gasteiger partial charge on any atom is 0.226 e. The minimum atomic E-state index is -0.0170. The second-order valence-corrected chi connectivity index (χ2v) is 6.24. The number of amides is 1. The van der Waals surface area contributed by atoms with Crippen LogP contribution in [0.4, 0.5) is 0 Å². The minimum absolute atomic E-state index is 0.0170. The Labute approximate surface area is 111 Å². The first-order chi connectivity index (χ1) is 8.72. The van der Waals surface area contributed by atoms with Gasteiger partial charge in [-0.05, 0) is 38.0 Å². The van der Waals surface area contributed by atoms with Crippen LogP contribution in [0, 0.1) is 11.3 Å². The first-order valence-electron chi connectivity index (χ1n) is 7.73. The molecule has 0 aliphatic heterocycles. The van der Waals surface area contributed by atoms with Crippen LogP contribution in [0.1, 0.15) is 64.7 Å². The van der Waals surface area contributed by atoms with E-state index in [-0.39, 0.29) is 17.4 Å². The van der Waals surface area contributed by atoms with Crippen LogP contribution < -0.4 is 11.1 Å². The highest BCUT2D eigenvalue weighted by atomic mass is 16.2. The van der Waals surface area contributed by atoms with E-state index in [0.717, 1.165) is 25.7 Å². The van der Waals surface area contributed by atoms with Crippen molar-refractivity contribution in [2.75, 3.05) is 6.54 Å². The van der Waals surface area contributed by atoms with Crippen molar-refractivity contribution in [3.05, 3.63) is 0 Å². The lowest BCUT2D eigenvalue weighted by Gasteiger charge is -2.31. The number of carbonyl (C=O) groups excluding carboxylic acids is 1. The third kappa shape index (κ3) is 3.05. The summed E-state index contributed by atoms with van der Waals surface area (Å²) in [7, 11) is 0. The Morgan fingerprint density at radius 2 is 2.00 bits per heavy atom. The molecule has 1 unspecified atom stereocenters. The molecule has 2 aliphatic rings. The largest absolute Gasteiger partial charge is 0.351 e. The Morgan fingerprint density at radius 1 is 1.33 bits per heavy atom. The molecule has 0 radical (unpaired) electrons. The standard InChI is InChI=1S/C15H28N2O/c1-2-8-15(9-10-15)14(18)17-13(11-16)12-6-4-3-5-7-12/h12-13H,2-11,16H2,1H3,(H,17,18). The summed E-state index contributed by atoms with van der Waals surface area (Å²) in [6, 6.07) is 0.215. The van der Waals surface area contributed by atoms with Crippen molar-refractivity contribution in [1.29, 1.82) is 0 Å². The van der Waals surface area contributed by atoms with Crippen molar-refractivity contribution >= 4 is 5.91 Å². The van der Waals surface area contributed by atoms with E-state index in [4.69, 9.17) is 5.73 Å². The van der Waals surface area contributed by atoms with Gasteiger partial charge in [0.1, 0.15) is 0 Å². The maximum atomic E-state index is 12.4. The van der Waals surface area contributed by atoms with Gasteiger partial charge in [0, 0.05) is 18.0 Å². The van der Waals surface area contributed by atoms with Crippen molar-refractivity contribution in [3.8, 4) is 0 Å². The molecule has 2 aliphatic carbocycles. The predicted molar refractivity (Wildman–Crippen MR) is 74.1 cm³/mol. The van der Waals surface area contributed by atoms with Gasteiger partial charge in [-0.2, -0.15) is 0 Å². The summed E-state index contributed by atoms with van der Waals surface area (Å²) in [4.78, 5) is 12.4. The van der Waals surface area contributed by atoms with E-state index in [1.165, 1.54) is 32.1 Å². The predicted octanol–water partition coefficient (Wildman–Crippen LogP) is 2.59. The van der Waals surface area contributed by atoms with Crippen LogP contribution in [-0.2, 0) is 4.79 Å². The summed E-state index contributed by atoms with van der Waals surface area (Å²) in [5.74, 6) is 0.899. The van der Waals surface area contributed by atoms with Crippen LogP contribution in [0.3, 0.4) is 0 Å². The molecule has 2 fully saturated rings. The van der Waals surface area contributed by atoms with E-state index in [1.807, 2.05) is 0 Å². The summed E-state index contributed by atoms with van der Waals surface area (Å²) < 4.78 is 0. The maximum absolute atomic E-state index is 12.4. The van der Waals surface area contributed by atoms with Crippen LogP contribution in [0.15, 0.2) is 0 Å². The van der Waals surface area contributed by atoms with Gasteiger partial charge >= 0.3 is 0 Å².